The number of carbonyl (C=O) groups excluding carboxylic acids is 1. The molecule has 1 aromatic rings. The van der Waals surface area contributed by atoms with Gasteiger partial charge in [0.1, 0.15) is 11.5 Å². The van der Waals surface area contributed by atoms with Crippen LogP contribution >= 0.6 is 0 Å². The van der Waals surface area contributed by atoms with Crippen LogP contribution in [0.5, 0.6) is 0 Å². The Morgan fingerprint density at radius 3 is 2.96 bits per heavy atom. The Balaban J connectivity index is 1.25. The molecule has 132 valence electrons. The van der Waals surface area contributed by atoms with Gasteiger partial charge in [0.2, 0.25) is 5.91 Å². The first-order valence-electron chi connectivity index (χ1n) is 9.33. The molecule has 5 nitrogen and oxygen atoms in total. The third-order valence-electron chi connectivity index (χ3n) is 5.73. The molecular weight excluding hydrogens is 304 g/mol. The molecule has 3 heterocycles. The Kier molecular flexibility index (Phi) is 4.63. The number of fused-ring (bicyclic) bond motifs is 1. The number of furan rings is 1. The van der Waals surface area contributed by atoms with Gasteiger partial charge in [-0.2, -0.15) is 0 Å². The molecular formula is C19H28N2O3. The second-order valence-electron chi connectivity index (χ2n) is 7.78. The van der Waals surface area contributed by atoms with E-state index in [-0.39, 0.29) is 12.0 Å². The van der Waals surface area contributed by atoms with Crippen molar-refractivity contribution in [3.8, 4) is 0 Å². The number of piperidine rings is 1. The molecule has 0 radical (unpaired) electrons. The number of nitrogens with one attached hydrogen (secondary N) is 1. The van der Waals surface area contributed by atoms with Gasteiger partial charge in [-0.3, -0.25) is 9.69 Å². The fourth-order valence-corrected chi connectivity index (χ4v) is 4.14. The van der Waals surface area contributed by atoms with E-state index in [2.05, 4.69) is 16.3 Å². The summed E-state index contributed by atoms with van der Waals surface area (Å²) < 4.78 is 11.7. The maximum Gasteiger partial charge on any atom is 0.222 e. The minimum atomic E-state index is 0.113. The van der Waals surface area contributed by atoms with E-state index in [0.717, 1.165) is 56.6 Å². The highest BCUT2D eigenvalue weighted by Gasteiger charge is 2.41. The Morgan fingerprint density at radius 2 is 2.21 bits per heavy atom. The molecule has 24 heavy (non-hydrogen) atoms. The lowest BCUT2D eigenvalue weighted by molar-refractivity contribution is -0.123. The maximum absolute atomic E-state index is 12.1. The van der Waals surface area contributed by atoms with Crippen molar-refractivity contribution in [3.05, 3.63) is 23.7 Å². The first-order valence-corrected chi connectivity index (χ1v) is 9.33. The average molecular weight is 332 g/mol. The second kappa shape index (κ2) is 6.89. The summed E-state index contributed by atoms with van der Waals surface area (Å²) in [7, 11) is 0. The summed E-state index contributed by atoms with van der Waals surface area (Å²) in [4.78, 5) is 14.6. The van der Waals surface area contributed by atoms with Crippen molar-refractivity contribution in [2.24, 2.45) is 17.8 Å². The van der Waals surface area contributed by atoms with Crippen LogP contribution in [0.1, 0.15) is 37.2 Å². The minimum absolute atomic E-state index is 0.113. The molecule has 3 atom stereocenters. The van der Waals surface area contributed by atoms with Gasteiger partial charge >= 0.3 is 0 Å². The number of hydrogen-bond acceptors (Lipinski definition) is 4. The van der Waals surface area contributed by atoms with Gasteiger partial charge in [0.25, 0.3) is 0 Å². The zero-order valence-electron chi connectivity index (χ0n) is 14.5. The molecule has 0 unspecified atom stereocenters. The Labute approximate surface area is 143 Å². The summed E-state index contributed by atoms with van der Waals surface area (Å²) in [6, 6.07) is 4.09. The van der Waals surface area contributed by atoms with Gasteiger partial charge in [-0.1, -0.05) is 0 Å². The molecule has 1 N–H and O–H groups in total. The van der Waals surface area contributed by atoms with Crippen LogP contribution in [-0.4, -0.2) is 43.2 Å². The number of hydrogen-bond donors (Lipinski definition) is 1. The number of ether oxygens (including phenoxy) is 1. The summed E-state index contributed by atoms with van der Waals surface area (Å²) in [6.07, 6.45) is 4.31. The molecule has 0 spiro atoms. The van der Waals surface area contributed by atoms with E-state index in [9.17, 15) is 4.79 Å². The number of carbonyl (C=O) groups is 1. The largest absolute Gasteiger partial charge is 0.465 e. The fourth-order valence-electron chi connectivity index (χ4n) is 4.14. The lowest BCUT2D eigenvalue weighted by atomic mass is 9.83. The number of likely N-dealkylation sites (tertiary alicyclic amines) is 1. The molecule has 3 aliphatic rings. The van der Waals surface area contributed by atoms with Crippen LogP contribution < -0.4 is 5.32 Å². The van der Waals surface area contributed by atoms with Crippen LogP contribution in [0.3, 0.4) is 0 Å². The highest BCUT2D eigenvalue weighted by atomic mass is 16.5. The Bertz CT molecular complexity index is 581. The molecule has 1 amide bonds. The normalized spacial score (nSPS) is 30.3. The zero-order chi connectivity index (χ0) is 16.5. The summed E-state index contributed by atoms with van der Waals surface area (Å²) in [5.74, 6) is 4.00. The topological polar surface area (TPSA) is 54.7 Å². The predicted molar refractivity (Wildman–Crippen MR) is 90.4 cm³/mol. The second-order valence-corrected chi connectivity index (χ2v) is 7.78. The van der Waals surface area contributed by atoms with Gasteiger partial charge in [0, 0.05) is 19.0 Å². The Morgan fingerprint density at radius 1 is 1.33 bits per heavy atom. The number of nitrogens with zero attached hydrogens (tertiary/aromatic N) is 1. The Hall–Kier alpha value is -1.33. The monoisotopic (exact) mass is 332 g/mol. The summed E-state index contributed by atoms with van der Waals surface area (Å²) >= 11 is 0. The highest BCUT2D eigenvalue weighted by Crippen LogP contribution is 2.36. The number of aryl methyl sites for hydroxylation is 1. The van der Waals surface area contributed by atoms with Crippen molar-refractivity contribution >= 4 is 5.91 Å². The molecule has 0 bridgehead atoms. The van der Waals surface area contributed by atoms with Crippen LogP contribution in [-0.2, 0) is 16.1 Å². The molecule has 3 fully saturated rings. The van der Waals surface area contributed by atoms with Crippen LogP contribution in [0, 0.1) is 24.7 Å². The van der Waals surface area contributed by atoms with Crippen LogP contribution in [0.2, 0.25) is 0 Å². The van der Waals surface area contributed by atoms with Crippen molar-refractivity contribution in [1.29, 1.82) is 0 Å². The van der Waals surface area contributed by atoms with Gasteiger partial charge < -0.3 is 14.5 Å². The van der Waals surface area contributed by atoms with Crippen LogP contribution in [0.15, 0.2) is 16.5 Å². The molecule has 4 rings (SSSR count). The van der Waals surface area contributed by atoms with Crippen molar-refractivity contribution in [3.63, 3.8) is 0 Å². The van der Waals surface area contributed by atoms with E-state index in [1.54, 1.807) is 0 Å². The molecule has 1 aromatic heterocycles. The quantitative estimate of drug-likeness (QED) is 0.869. The number of rotatable bonds is 6. The lowest BCUT2D eigenvalue weighted by Crippen LogP contribution is -2.42. The highest BCUT2D eigenvalue weighted by molar-refractivity contribution is 5.76. The standard InChI is InChI=1S/C19H28N2O3/c1-13-2-5-16(24-13)11-21-7-6-17-15(10-21)12-23-18(17)8-19(22)20-9-14-3-4-14/h2,5,14-15,17-18H,3-4,6-12H2,1H3,(H,20,22)/t15-,17-,18-/m1/s1. The van der Waals surface area contributed by atoms with E-state index in [1.807, 2.05) is 13.0 Å². The van der Waals surface area contributed by atoms with Gasteiger partial charge in [-0.25, -0.2) is 0 Å². The van der Waals surface area contributed by atoms with Gasteiger partial charge in [0.05, 0.1) is 25.7 Å². The van der Waals surface area contributed by atoms with E-state index < -0.39 is 0 Å². The van der Waals surface area contributed by atoms with Crippen molar-refractivity contribution in [2.75, 3.05) is 26.2 Å². The molecule has 5 heteroatoms. The zero-order valence-corrected chi connectivity index (χ0v) is 14.5. The predicted octanol–water partition coefficient (Wildman–Crippen LogP) is 2.34. The van der Waals surface area contributed by atoms with Crippen molar-refractivity contribution in [2.45, 2.75) is 45.3 Å². The van der Waals surface area contributed by atoms with E-state index in [4.69, 9.17) is 9.15 Å². The fraction of sp³-hybridized carbons (Fsp3) is 0.737. The van der Waals surface area contributed by atoms with Crippen LogP contribution in [0.25, 0.3) is 0 Å². The molecule has 1 aliphatic carbocycles. The van der Waals surface area contributed by atoms with Gasteiger partial charge in [-0.15, -0.1) is 0 Å². The van der Waals surface area contributed by atoms with E-state index in [1.165, 1.54) is 12.8 Å². The summed E-state index contributed by atoms with van der Waals surface area (Å²) in [5, 5.41) is 3.07. The summed E-state index contributed by atoms with van der Waals surface area (Å²) in [6.45, 7) is 6.62. The van der Waals surface area contributed by atoms with Crippen molar-refractivity contribution < 1.29 is 13.9 Å². The summed E-state index contributed by atoms with van der Waals surface area (Å²) in [5.41, 5.74) is 0. The van der Waals surface area contributed by atoms with Crippen LogP contribution in [0.4, 0.5) is 0 Å². The molecule has 1 saturated carbocycles. The number of amides is 1. The lowest BCUT2D eigenvalue weighted by Gasteiger charge is -2.35. The molecule has 2 saturated heterocycles. The molecule has 2 aliphatic heterocycles. The van der Waals surface area contributed by atoms with Gasteiger partial charge in [0.15, 0.2) is 0 Å². The third-order valence-corrected chi connectivity index (χ3v) is 5.73. The average Bonchev–Trinajstić information content (AvgIpc) is 3.20. The van der Waals surface area contributed by atoms with Crippen molar-refractivity contribution in [1.82, 2.24) is 10.2 Å². The van der Waals surface area contributed by atoms with E-state index in [0.29, 0.717) is 18.3 Å². The maximum atomic E-state index is 12.1. The third kappa shape index (κ3) is 3.83. The van der Waals surface area contributed by atoms with Gasteiger partial charge in [-0.05, 0) is 56.7 Å². The SMILES string of the molecule is Cc1ccc(CN2CC[C@@H]3[C@@H](CO[C@@H]3CC(=O)NCC3CC3)C2)o1. The van der Waals surface area contributed by atoms with E-state index >= 15 is 0 Å². The first-order chi connectivity index (χ1) is 11.7. The minimum Gasteiger partial charge on any atom is -0.465 e. The first kappa shape index (κ1) is 16.2. The molecule has 0 aromatic carbocycles. The smallest absolute Gasteiger partial charge is 0.222 e.